The van der Waals surface area contributed by atoms with E-state index in [9.17, 15) is 9.90 Å². The van der Waals surface area contributed by atoms with Gasteiger partial charge in [-0.2, -0.15) is 10.1 Å². The maximum absolute atomic E-state index is 13.1. The first-order chi connectivity index (χ1) is 15.6. The summed E-state index contributed by atoms with van der Waals surface area (Å²) >= 11 is 6.32. The van der Waals surface area contributed by atoms with Crippen molar-refractivity contribution in [3.05, 3.63) is 81.5 Å². The van der Waals surface area contributed by atoms with E-state index >= 15 is 0 Å². The number of halogens is 1. The molecular weight excluding hydrogens is 444 g/mol. The van der Waals surface area contributed by atoms with Gasteiger partial charge in [0.15, 0.2) is 10.8 Å². The fraction of sp³-hybridized carbons (Fsp3) is 0.261. The molecule has 3 aromatic heterocycles. The third-order valence-electron chi connectivity index (χ3n) is 4.89. The minimum atomic E-state index is -1.18. The average molecular weight is 467 g/mol. The third-order valence-corrected chi connectivity index (χ3v) is 5.22. The topological polar surface area (TPSA) is 108 Å². The molecule has 0 bridgehead atoms. The second-order valence-corrected chi connectivity index (χ2v) is 8.44. The first kappa shape index (κ1) is 22.6. The van der Waals surface area contributed by atoms with E-state index in [-0.39, 0.29) is 17.5 Å². The molecule has 0 aliphatic carbocycles. The maximum atomic E-state index is 13.1. The molecule has 0 aliphatic rings. The number of nitrogens with zero attached hydrogens (tertiary/aromatic N) is 6. The normalized spacial score (nSPS) is 11.6. The molecule has 0 fully saturated rings. The molecule has 0 amide bonds. The van der Waals surface area contributed by atoms with Gasteiger partial charge in [0.25, 0.3) is 5.56 Å². The highest BCUT2D eigenvalue weighted by Gasteiger charge is 2.20. The van der Waals surface area contributed by atoms with Crippen LogP contribution in [0.5, 0.6) is 5.88 Å². The highest BCUT2D eigenvalue weighted by atomic mass is 35.5. The van der Waals surface area contributed by atoms with Gasteiger partial charge in [-0.05, 0) is 45.0 Å². The van der Waals surface area contributed by atoms with E-state index in [1.165, 1.54) is 4.57 Å². The smallest absolute Gasteiger partial charge is 0.280 e. The number of hydrogen-bond donors (Lipinski definition) is 1. The lowest BCUT2D eigenvalue weighted by Gasteiger charge is -2.16. The van der Waals surface area contributed by atoms with Crippen LogP contribution in [0, 0.1) is 6.92 Å². The Hall–Kier alpha value is -3.56. The van der Waals surface area contributed by atoms with Gasteiger partial charge < -0.3 is 9.84 Å². The van der Waals surface area contributed by atoms with Crippen LogP contribution in [0.3, 0.4) is 0 Å². The van der Waals surface area contributed by atoms with Crippen LogP contribution in [0.25, 0.3) is 16.9 Å². The Morgan fingerprint density at radius 3 is 2.67 bits per heavy atom. The molecule has 4 aromatic rings. The summed E-state index contributed by atoms with van der Waals surface area (Å²) in [4.78, 5) is 26.1. The SMILES string of the molecule is Cc1nc(OCc2ccn(C)n2)c(Cl)c(=O)n1-c1cccc(-c2ccnc(C(C)(C)O)n2)c1. The number of ether oxygens (including phenoxy) is 1. The summed E-state index contributed by atoms with van der Waals surface area (Å²) in [6, 6.07) is 10.8. The second kappa shape index (κ2) is 8.76. The van der Waals surface area contributed by atoms with Crippen molar-refractivity contribution in [3.8, 4) is 22.8 Å². The van der Waals surface area contributed by atoms with Crippen molar-refractivity contribution in [2.24, 2.45) is 7.05 Å². The molecule has 0 saturated carbocycles. The van der Waals surface area contributed by atoms with Gasteiger partial charge in [0, 0.05) is 25.0 Å². The maximum Gasteiger partial charge on any atom is 0.280 e. The summed E-state index contributed by atoms with van der Waals surface area (Å²) in [5, 5.41) is 14.3. The zero-order valence-corrected chi connectivity index (χ0v) is 19.4. The summed E-state index contributed by atoms with van der Waals surface area (Å²) in [5.41, 5.74) is 1.01. The highest BCUT2D eigenvalue weighted by Crippen LogP contribution is 2.25. The summed E-state index contributed by atoms with van der Waals surface area (Å²) in [6.45, 7) is 5.09. The molecule has 0 radical (unpaired) electrons. The first-order valence-electron chi connectivity index (χ1n) is 10.2. The van der Waals surface area contributed by atoms with Crippen molar-refractivity contribution in [2.45, 2.75) is 33.0 Å². The standard InChI is InChI=1S/C23H23ClN6O3/c1-14-26-20(33-13-16-9-11-29(4)28-16)19(24)21(31)30(14)17-7-5-6-15(12-17)18-8-10-25-22(27-18)23(2,3)32/h5-12,32H,13H2,1-4H3. The molecule has 0 atom stereocenters. The van der Waals surface area contributed by atoms with Crippen LogP contribution in [0.4, 0.5) is 0 Å². The Kier molecular flexibility index (Phi) is 6.01. The lowest BCUT2D eigenvalue weighted by molar-refractivity contribution is 0.0688. The molecule has 1 aromatic carbocycles. The molecular formula is C23H23ClN6O3. The van der Waals surface area contributed by atoms with Crippen LogP contribution in [0.2, 0.25) is 5.02 Å². The van der Waals surface area contributed by atoms with Crippen molar-refractivity contribution in [1.29, 1.82) is 0 Å². The number of hydrogen-bond acceptors (Lipinski definition) is 7. The molecule has 1 N–H and O–H groups in total. The van der Waals surface area contributed by atoms with Crippen molar-refractivity contribution < 1.29 is 9.84 Å². The fourth-order valence-electron chi connectivity index (χ4n) is 3.28. The molecule has 0 aliphatic heterocycles. The van der Waals surface area contributed by atoms with Crippen LogP contribution >= 0.6 is 11.6 Å². The number of aliphatic hydroxyl groups is 1. The monoisotopic (exact) mass is 466 g/mol. The predicted octanol–water partition coefficient (Wildman–Crippen LogP) is 3.19. The fourth-order valence-corrected chi connectivity index (χ4v) is 3.46. The Bertz CT molecular complexity index is 1370. The van der Waals surface area contributed by atoms with Crippen LogP contribution in [0.1, 0.15) is 31.2 Å². The van der Waals surface area contributed by atoms with Gasteiger partial charge in [-0.1, -0.05) is 23.7 Å². The van der Waals surface area contributed by atoms with Gasteiger partial charge in [-0.3, -0.25) is 14.0 Å². The van der Waals surface area contributed by atoms with Crippen LogP contribution in [-0.2, 0) is 19.3 Å². The van der Waals surface area contributed by atoms with E-state index in [2.05, 4.69) is 20.1 Å². The molecule has 0 saturated heterocycles. The highest BCUT2D eigenvalue weighted by molar-refractivity contribution is 6.31. The number of aryl methyl sites for hydroxylation is 2. The van der Waals surface area contributed by atoms with E-state index in [0.717, 1.165) is 5.56 Å². The zero-order chi connectivity index (χ0) is 23.8. The summed E-state index contributed by atoms with van der Waals surface area (Å²) in [5.74, 6) is 0.776. The number of benzene rings is 1. The Morgan fingerprint density at radius 1 is 1.18 bits per heavy atom. The first-order valence-corrected chi connectivity index (χ1v) is 10.6. The van der Waals surface area contributed by atoms with E-state index in [1.807, 2.05) is 18.2 Å². The summed E-state index contributed by atoms with van der Waals surface area (Å²) in [7, 11) is 1.81. The third kappa shape index (κ3) is 4.79. The Balaban J connectivity index is 1.69. The van der Waals surface area contributed by atoms with Gasteiger partial charge in [0.1, 0.15) is 18.0 Å². The Labute approximate surface area is 195 Å². The van der Waals surface area contributed by atoms with Crippen LogP contribution in [0.15, 0.2) is 53.6 Å². The van der Waals surface area contributed by atoms with Crippen molar-refractivity contribution in [2.75, 3.05) is 0 Å². The van der Waals surface area contributed by atoms with E-state index in [1.54, 1.807) is 63.1 Å². The summed E-state index contributed by atoms with van der Waals surface area (Å²) in [6.07, 6.45) is 3.39. The predicted molar refractivity (Wildman–Crippen MR) is 123 cm³/mol. The molecule has 33 heavy (non-hydrogen) atoms. The minimum Gasteiger partial charge on any atom is -0.470 e. The largest absolute Gasteiger partial charge is 0.470 e. The molecule has 4 rings (SSSR count). The van der Waals surface area contributed by atoms with Crippen LogP contribution in [-0.4, -0.2) is 34.4 Å². The van der Waals surface area contributed by atoms with Crippen molar-refractivity contribution >= 4 is 11.6 Å². The van der Waals surface area contributed by atoms with Crippen molar-refractivity contribution in [3.63, 3.8) is 0 Å². The molecule has 170 valence electrons. The van der Waals surface area contributed by atoms with Gasteiger partial charge in [-0.25, -0.2) is 9.97 Å². The van der Waals surface area contributed by atoms with Gasteiger partial charge in [0.2, 0.25) is 5.88 Å². The van der Waals surface area contributed by atoms with Crippen molar-refractivity contribution in [1.82, 2.24) is 29.3 Å². The Morgan fingerprint density at radius 2 is 1.97 bits per heavy atom. The molecule has 0 spiro atoms. The summed E-state index contributed by atoms with van der Waals surface area (Å²) < 4.78 is 8.73. The van der Waals surface area contributed by atoms with E-state index in [0.29, 0.717) is 28.7 Å². The lowest BCUT2D eigenvalue weighted by atomic mass is 10.1. The van der Waals surface area contributed by atoms with E-state index < -0.39 is 11.2 Å². The molecule has 9 nitrogen and oxygen atoms in total. The second-order valence-electron chi connectivity index (χ2n) is 8.06. The van der Waals surface area contributed by atoms with Gasteiger partial charge in [0.05, 0.1) is 17.1 Å². The number of aromatic nitrogens is 6. The van der Waals surface area contributed by atoms with E-state index in [4.69, 9.17) is 16.3 Å². The molecule has 10 heteroatoms. The average Bonchev–Trinajstić information content (AvgIpc) is 3.20. The van der Waals surface area contributed by atoms with Gasteiger partial charge >= 0.3 is 0 Å². The minimum absolute atomic E-state index is 0.0582. The quantitative estimate of drug-likeness (QED) is 0.464. The number of rotatable bonds is 6. The van der Waals surface area contributed by atoms with Gasteiger partial charge in [-0.15, -0.1) is 0 Å². The molecule has 3 heterocycles. The zero-order valence-electron chi connectivity index (χ0n) is 18.7. The van der Waals surface area contributed by atoms with Crippen LogP contribution < -0.4 is 10.3 Å². The lowest BCUT2D eigenvalue weighted by Crippen LogP contribution is -2.23. The molecule has 0 unspecified atom stereocenters.